The average molecular weight is 295 g/mol. The Balaban J connectivity index is 1.99. The Kier molecular flexibility index (Phi) is 5.14. The highest BCUT2D eigenvalue weighted by Gasteiger charge is 2.23. The summed E-state index contributed by atoms with van der Waals surface area (Å²) in [6.07, 6.45) is 4.76. The molecule has 6 heteroatoms. The van der Waals surface area contributed by atoms with Crippen molar-refractivity contribution in [3.63, 3.8) is 0 Å². The lowest BCUT2D eigenvalue weighted by atomic mass is 10.2. The Morgan fingerprint density at radius 3 is 2.55 bits per heavy atom. The standard InChI is InChI=1S/C14H21N3O2S/c1-10(17-7-4-2-3-5-8-17)13(19)16-14-11(12(15)18)6-9-20-14/h6,9-10H,2-5,7-8H2,1H3,(H2,15,18)(H,16,19)/t10-/m0/s1. The maximum absolute atomic E-state index is 12.3. The molecular formula is C14H21N3O2S. The summed E-state index contributed by atoms with van der Waals surface area (Å²) >= 11 is 1.32. The Bertz CT molecular complexity index is 479. The first-order valence-electron chi connectivity index (χ1n) is 7.02. The van der Waals surface area contributed by atoms with Crippen LogP contribution in [0.2, 0.25) is 0 Å². The first-order valence-corrected chi connectivity index (χ1v) is 7.90. The van der Waals surface area contributed by atoms with Crippen LogP contribution in [0.15, 0.2) is 11.4 Å². The third-order valence-electron chi connectivity index (χ3n) is 3.74. The van der Waals surface area contributed by atoms with Crippen molar-refractivity contribution >= 4 is 28.2 Å². The van der Waals surface area contributed by atoms with Gasteiger partial charge in [0.2, 0.25) is 5.91 Å². The van der Waals surface area contributed by atoms with Crippen LogP contribution >= 0.6 is 11.3 Å². The molecule has 2 amide bonds. The Morgan fingerprint density at radius 2 is 1.95 bits per heavy atom. The molecule has 0 aromatic carbocycles. The minimum Gasteiger partial charge on any atom is -0.366 e. The van der Waals surface area contributed by atoms with E-state index in [0.717, 1.165) is 25.9 Å². The average Bonchev–Trinajstić information content (AvgIpc) is 2.72. The van der Waals surface area contributed by atoms with Gasteiger partial charge >= 0.3 is 0 Å². The fraction of sp³-hybridized carbons (Fsp3) is 0.571. The SMILES string of the molecule is C[C@@H](C(=O)Nc1sccc1C(N)=O)N1CCCCCC1. The minimum absolute atomic E-state index is 0.0724. The second-order valence-corrected chi connectivity index (χ2v) is 6.06. The molecular weight excluding hydrogens is 274 g/mol. The van der Waals surface area contributed by atoms with Crippen LogP contribution in [0.25, 0.3) is 0 Å². The van der Waals surface area contributed by atoms with E-state index < -0.39 is 5.91 Å². The number of carbonyl (C=O) groups excluding carboxylic acids is 2. The fourth-order valence-corrected chi connectivity index (χ4v) is 3.26. The number of primary amides is 1. The van der Waals surface area contributed by atoms with E-state index in [1.807, 2.05) is 6.92 Å². The quantitative estimate of drug-likeness (QED) is 0.892. The first-order chi connectivity index (χ1) is 9.59. The molecule has 0 saturated carbocycles. The summed E-state index contributed by atoms with van der Waals surface area (Å²) in [6, 6.07) is 1.45. The molecule has 1 aromatic rings. The van der Waals surface area contributed by atoms with Crippen LogP contribution in [-0.4, -0.2) is 35.8 Å². The lowest BCUT2D eigenvalue weighted by Crippen LogP contribution is -2.42. The van der Waals surface area contributed by atoms with Crippen molar-refractivity contribution in [2.45, 2.75) is 38.6 Å². The van der Waals surface area contributed by atoms with Crippen LogP contribution < -0.4 is 11.1 Å². The van der Waals surface area contributed by atoms with Crippen LogP contribution in [0.1, 0.15) is 43.0 Å². The molecule has 0 radical (unpaired) electrons. The first kappa shape index (κ1) is 15.0. The highest BCUT2D eigenvalue weighted by atomic mass is 32.1. The predicted molar refractivity (Wildman–Crippen MR) is 81.0 cm³/mol. The normalized spacial score (nSPS) is 18.2. The van der Waals surface area contributed by atoms with Crippen LogP contribution in [0, 0.1) is 0 Å². The number of rotatable bonds is 4. The molecule has 1 atom stereocenters. The summed E-state index contributed by atoms with van der Waals surface area (Å²) in [7, 11) is 0. The Labute approximate surface area is 123 Å². The number of anilines is 1. The van der Waals surface area contributed by atoms with E-state index in [0.29, 0.717) is 10.6 Å². The summed E-state index contributed by atoms with van der Waals surface area (Å²) in [6.45, 7) is 3.83. The third kappa shape index (κ3) is 3.58. The van der Waals surface area contributed by atoms with Gasteiger partial charge in [0.25, 0.3) is 5.91 Å². The van der Waals surface area contributed by atoms with Gasteiger partial charge in [-0.05, 0) is 44.3 Å². The van der Waals surface area contributed by atoms with Gasteiger partial charge in [0, 0.05) is 0 Å². The summed E-state index contributed by atoms with van der Waals surface area (Å²) in [5, 5.41) is 5.13. The van der Waals surface area contributed by atoms with Crippen LogP contribution in [-0.2, 0) is 4.79 Å². The zero-order chi connectivity index (χ0) is 14.5. The van der Waals surface area contributed by atoms with Gasteiger partial charge in [-0.1, -0.05) is 12.8 Å². The van der Waals surface area contributed by atoms with E-state index in [4.69, 9.17) is 5.73 Å². The lowest BCUT2D eigenvalue weighted by molar-refractivity contribution is -0.120. The van der Waals surface area contributed by atoms with E-state index in [9.17, 15) is 9.59 Å². The van der Waals surface area contributed by atoms with E-state index in [1.165, 1.54) is 24.2 Å². The number of thiophene rings is 1. The second kappa shape index (κ2) is 6.85. The van der Waals surface area contributed by atoms with E-state index in [-0.39, 0.29) is 11.9 Å². The van der Waals surface area contributed by atoms with E-state index in [1.54, 1.807) is 11.4 Å². The number of hydrogen-bond acceptors (Lipinski definition) is 4. The molecule has 2 rings (SSSR count). The third-order valence-corrected chi connectivity index (χ3v) is 4.57. The van der Waals surface area contributed by atoms with Crippen molar-refractivity contribution in [2.24, 2.45) is 5.73 Å². The zero-order valence-electron chi connectivity index (χ0n) is 11.7. The number of hydrogen-bond donors (Lipinski definition) is 2. The zero-order valence-corrected chi connectivity index (χ0v) is 12.5. The van der Waals surface area contributed by atoms with Crippen molar-refractivity contribution in [1.29, 1.82) is 0 Å². The monoisotopic (exact) mass is 295 g/mol. The van der Waals surface area contributed by atoms with Crippen LogP contribution in [0.5, 0.6) is 0 Å². The fourth-order valence-electron chi connectivity index (χ4n) is 2.46. The Morgan fingerprint density at radius 1 is 1.30 bits per heavy atom. The van der Waals surface area contributed by atoms with Crippen molar-refractivity contribution in [1.82, 2.24) is 4.90 Å². The van der Waals surface area contributed by atoms with Gasteiger partial charge < -0.3 is 11.1 Å². The predicted octanol–water partition coefficient (Wildman–Crippen LogP) is 2.05. The number of likely N-dealkylation sites (tertiary alicyclic amines) is 1. The molecule has 1 aromatic heterocycles. The number of amides is 2. The molecule has 3 N–H and O–H groups in total. The van der Waals surface area contributed by atoms with Crippen LogP contribution in [0.4, 0.5) is 5.00 Å². The van der Waals surface area contributed by atoms with Gasteiger partial charge in [-0.15, -0.1) is 11.3 Å². The molecule has 20 heavy (non-hydrogen) atoms. The van der Waals surface area contributed by atoms with E-state index in [2.05, 4.69) is 10.2 Å². The van der Waals surface area contributed by atoms with Crippen molar-refractivity contribution in [3.8, 4) is 0 Å². The minimum atomic E-state index is -0.510. The summed E-state index contributed by atoms with van der Waals surface area (Å²) in [5.74, 6) is -0.583. The summed E-state index contributed by atoms with van der Waals surface area (Å²) in [4.78, 5) is 25.8. The highest BCUT2D eigenvalue weighted by molar-refractivity contribution is 7.14. The van der Waals surface area contributed by atoms with Crippen LogP contribution in [0.3, 0.4) is 0 Å². The molecule has 1 aliphatic rings. The number of nitrogens with one attached hydrogen (secondary N) is 1. The molecule has 1 saturated heterocycles. The molecule has 110 valence electrons. The van der Waals surface area contributed by atoms with Crippen molar-refractivity contribution < 1.29 is 9.59 Å². The number of nitrogens with two attached hydrogens (primary N) is 1. The summed E-state index contributed by atoms with van der Waals surface area (Å²) < 4.78 is 0. The topological polar surface area (TPSA) is 75.4 Å². The van der Waals surface area contributed by atoms with Gasteiger partial charge in [0.15, 0.2) is 0 Å². The van der Waals surface area contributed by atoms with Gasteiger partial charge in [0.05, 0.1) is 11.6 Å². The second-order valence-electron chi connectivity index (χ2n) is 5.14. The van der Waals surface area contributed by atoms with Gasteiger partial charge in [-0.3, -0.25) is 14.5 Å². The maximum Gasteiger partial charge on any atom is 0.251 e. The molecule has 0 unspecified atom stereocenters. The Hall–Kier alpha value is -1.40. The largest absolute Gasteiger partial charge is 0.366 e. The van der Waals surface area contributed by atoms with Crippen molar-refractivity contribution in [2.75, 3.05) is 18.4 Å². The van der Waals surface area contributed by atoms with Crippen molar-refractivity contribution in [3.05, 3.63) is 17.0 Å². The molecule has 0 aliphatic carbocycles. The lowest BCUT2D eigenvalue weighted by Gasteiger charge is -2.26. The smallest absolute Gasteiger partial charge is 0.251 e. The molecule has 0 spiro atoms. The molecule has 5 nitrogen and oxygen atoms in total. The molecule has 2 heterocycles. The van der Waals surface area contributed by atoms with Gasteiger partial charge in [-0.2, -0.15) is 0 Å². The highest BCUT2D eigenvalue weighted by Crippen LogP contribution is 2.23. The molecule has 0 bridgehead atoms. The van der Waals surface area contributed by atoms with Gasteiger partial charge in [0.1, 0.15) is 5.00 Å². The summed E-state index contributed by atoms with van der Waals surface area (Å²) in [5.41, 5.74) is 5.66. The molecule has 1 fully saturated rings. The van der Waals surface area contributed by atoms with E-state index >= 15 is 0 Å². The maximum atomic E-state index is 12.3. The number of nitrogens with zero attached hydrogens (tertiary/aromatic N) is 1. The van der Waals surface area contributed by atoms with Gasteiger partial charge in [-0.25, -0.2) is 0 Å². The molecule has 1 aliphatic heterocycles. The number of carbonyl (C=O) groups is 2.